The number of fused-ring (bicyclic) bond motifs is 3. The van der Waals surface area contributed by atoms with E-state index < -0.39 is 0 Å². The van der Waals surface area contributed by atoms with Crippen LogP contribution in [0.3, 0.4) is 0 Å². The van der Waals surface area contributed by atoms with Crippen molar-refractivity contribution >= 4 is 29.3 Å². The third kappa shape index (κ3) is 3.29. The smallest absolute Gasteiger partial charge is 0.338 e. The quantitative estimate of drug-likeness (QED) is 0.675. The Hall–Kier alpha value is -3.06. The van der Waals surface area contributed by atoms with E-state index in [0.29, 0.717) is 29.3 Å². The molecule has 0 atom stereocenters. The van der Waals surface area contributed by atoms with Crippen LogP contribution in [0.4, 0.5) is 5.69 Å². The molecule has 1 amide bonds. The Morgan fingerprint density at radius 1 is 1.18 bits per heavy atom. The number of carbonyl (C=O) groups is 2. The average molecular weight is 393 g/mol. The van der Waals surface area contributed by atoms with Crippen LogP contribution in [0.2, 0.25) is 0 Å². The lowest BCUT2D eigenvalue weighted by atomic mass is 10.1. The summed E-state index contributed by atoms with van der Waals surface area (Å²) in [5, 5.41) is 7.34. The monoisotopic (exact) mass is 393 g/mol. The fourth-order valence-corrected chi connectivity index (χ4v) is 4.32. The zero-order valence-corrected chi connectivity index (χ0v) is 16.4. The number of ether oxygens (including phenoxy) is 1. The molecule has 0 bridgehead atoms. The van der Waals surface area contributed by atoms with Gasteiger partial charge in [-0.3, -0.25) is 9.48 Å². The Kier molecular flexibility index (Phi) is 4.92. The lowest BCUT2D eigenvalue weighted by Gasteiger charge is -2.17. The third-order valence-electron chi connectivity index (χ3n) is 4.53. The molecule has 0 saturated heterocycles. The first-order chi connectivity index (χ1) is 13.6. The van der Waals surface area contributed by atoms with Crippen molar-refractivity contribution in [2.75, 3.05) is 11.9 Å². The highest BCUT2D eigenvalue weighted by Gasteiger charge is 2.27. The minimum absolute atomic E-state index is 0.263. The van der Waals surface area contributed by atoms with Gasteiger partial charge in [-0.1, -0.05) is 18.2 Å². The lowest BCUT2D eigenvalue weighted by molar-refractivity contribution is 0.0526. The second-order valence-corrected chi connectivity index (χ2v) is 7.35. The molecule has 1 aromatic heterocycles. The summed E-state index contributed by atoms with van der Waals surface area (Å²) in [4.78, 5) is 25.8. The van der Waals surface area contributed by atoms with E-state index in [1.807, 2.05) is 19.2 Å². The number of aromatic nitrogens is 2. The van der Waals surface area contributed by atoms with Crippen molar-refractivity contribution in [1.29, 1.82) is 0 Å². The van der Waals surface area contributed by atoms with Crippen molar-refractivity contribution in [2.45, 2.75) is 17.6 Å². The van der Waals surface area contributed by atoms with Crippen LogP contribution in [0.5, 0.6) is 0 Å². The lowest BCUT2D eigenvalue weighted by Crippen LogP contribution is -2.15. The van der Waals surface area contributed by atoms with Crippen LogP contribution in [0.25, 0.3) is 11.3 Å². The number of thioether (sulfide) groups is 1. The number of nitrogens with zero attached hydrogens (tertiary/aromatic N) is 2. The van der Waals surface area contributed by atoms with Gasteiger partial charge in [-0.25, -0.2) is 4.79 Å². The standard InChI is InChI=1S/C21H19N3O3S/c1-3-27-21(26)13-8-10-14(11-9-13)22-20(25)18-16-12-28-17-7-5-4-6-15(17)19(16)24(2)23-18/h4-11H,3,12H2,1-2H3,(H,22,25). The van der Waals surface area contributed by atoms with Crippen LogP contribution in [-0.4, -0.2) is 28.3 Å². The predicted molar refractivity (Wildman–Crippen MR) is 109 cm³/mol. The molecule has 0 unspecified atom stereocenters. The predicted octanol–water partition coefficient (Wildman–Crippen LogP) is 4.12. The van der Waals surface area contributed by atoms with E-state index >= 15 is 0 Å². The summed E-state index contributed by atoms with van der Waals surface area (Å²) >= 11 is 1.71. The van der Waals surface area contributed by atoms with E-state index in [1.165, 1.54) is 4.90 Å². The second kappa shape index (κ2) is 7.52. The van der Waals surface area contributed by atoms with Gasteiger partial charge in [0.1, 0.15) is 0 Å². The highest BCUT2D eigenvalue weighted by molar-refractivity contribution is 7.98. The molecule has 1 aliphatic rings. The van der Waals surface area contributed by atoms with Crippen molar-refractivity contribution in [3.63, 3.8) is 0 Å². The molecule has 3 aromatic rings. The summed E-state index contributed by atoms with van der Waals surface area (Å²) < 4.78 is 6.74. The van der Waals surface area contributed by atoms with E-state index in [1.54, 1.807) is 47.6 Å². The van der Waals surface area contributed by atoms with Crippen LogP contribution in [0.15, 0.2) is 53.4 Å². The van der Waals surface area contributed by atoms with Gasteiger partial charge in [0, 0.05) is 34.5 Å². The Labute approximate surface area is 166 Å². The minimum Gasteiger partial charge on any atom is -0.462 e. The number of aryl methyl sites for hydroxylation is 1. The number of hydrogen-bond acceptors (Lipinski definition) is 5. The number of amides is 1. The van der Waals surface area contributed by atoms with Crippen LogP contribution < -0.4 is 5.32 Å². The third-order valence-corrected chi connectivity index (χ3v) is 5.63. The summed E-state index contributed by atoms with van der Waals surface area (Å²) in [6.07, 6.45) is 0. The molecule has 4 rings (SSSR count). The molecule has 6 nitrogen and oxygen atoms in total. The summed E-state index contributed by atoms with van der Waals surface area (Å²) in [6.45, 7) is 2.08. The van der Waals surface area contributed by atoms with Gasteiger partial charge in [-0.05, 0) is 37.3 Å². The van der Waals surface area contributed by atoms with Crippen LogP contribution in [-0.2, 0) is 17.5 Å². The first-order valence-corrected chi connectivity index (χ1v) is 9.93. The van der Waals surface area contributed by atoms with Gasteiger partial charge in [0.15, 0.2) is 5.69 Å². The van der Waals surface area contributed by atoms with Crippen LogP contribution in [0, 0.1) is 0 Å². The van der Waals surface area contributed by atoms with Crippen molar-refractivity contribution in [2.24, 2.45) is 7.05 Å². The molecule has 7 heteroatoms. The Balaban J connectivity index is 1.58. The number of esters is 1. The minimum atomic E-state index is -0.380. The van der Waals surface area contributed by atoms with Gasteiger partial charge >= 0.3 is 5.97 Å². The largest absolute Gasteiger partial charge is 0.462 e. The van der Waals surface area contributed by atoms with Gasteiger partial charge in [-0.15, -0.1) is 11.8 Å². The maximum Gasteiger partial charge on any atom is 0.338 e. The molecule has 0 aliphatic carbocycles. The van der Waals surface area contributed by atoms with Crippen molar-refractivity contribution < 1.29 is 14.3 Å². The van der Waals surface area contributed by atoms with Gasteiger partial charge in [0.2, 0.25) is 0 Å². The summed E-state index contributed by atoms with van der Waals surface area (Å²) in [5.41, 5.74) is 4.49. The highest BCUT2D eigenvalue weighted by atomic mass is 32.2. The molecule has 1 N–H and O–H groups in total. The molecule has 0 radical (unpaired) electrons. The molecular weight excluding hydrogens is 374 g/mol. The second-order valence-electron chi connectivity index (χ2n) is 6.34. The maximum atomic E-state index is 12.8. The molecule has 2 aromatic carbocycles. The van der Waals surface area contributed by atoms with Crippen molar-refractivity contribution in [1.82, 2.24) is 9.78 Å². The highest BCUT2D eigenvalue weighted by Crippen LogP contribution is 2.42. The molecular formula is C21H19N3O3S. The number of carbonyl (C=O) groups excluding carboxylic acids is 2. The summed E-state index contributed by atoms with van der Waals surface area (Å²) in [6, 6.07) is 14.8. The normalized spacial score (nSPS) is 12.1. The maximum absolute atomic E-state index is 12.8. The van der Waals surface area contributed by atoms with E-state index in [0.717, 1.165) is 16.8 Å². The van der Waals surface area contributed by atoms with Crippen LogP contribution in [0.1, 0.15) is 33.3 Å². The van der Waals surface area contributed by atoms with Crippen LogP contribution >= 0.6 is 11.8 Å². The summed E-state index contributed by atoms with van der Waals surface area (Å²) in [5.74, 6) is 0.0562. The van der Waals surface area contributed by atoms with Gasteiger partial charge in [0.25, 0.3) is 5.91 Å². The Morgan fingerprint density at radius 2 is 1.93 bits per heavy atom. The molecule has 142 valence electrons. The van der Waals surface area contributed by atoms with E-state index in [-0.39, 0.29) is 11.9 Å². The molecule has 0 fully saturated rings. The molecule has 2 heterocycles. The van der Waals surface area contributed by atoms with E-state index in [4.69, 9.17) is 4.74 Å². The Bertz CT molecular complexity index is 1060. The zero-order valence-electron chi connectivity index (χ0n) is 15.6. The van der Waals surface area contributed by atoms with Crippen molar-refractivity contribution in [3.05, 3.63) is 65.4 Å². The number of hydrogen-bond donors (Lipinski definition) is 1. The van der Waals surface area contributed by atoms with Gasteiger partial charge in [-0.2, -0.15) is 5.10 Å². The average Bonchev–Trinajstić information content (AvgIpc) is 3.06. The number of anilines is 1. The molecule has 1 aliphatic heterocycles. The van der Waals surface area contributed by atoms with E-state index in [2.05, 4.69) is 22.5 Å². The number of benzene rings is 2. The fourth-order valence-electron chi connectivity index (χ4n) is 3.26. The molecule has 0 saturated carbocycles. The Morgan fingerprint density at radius 3 is 2.68 bits per heavy atom. The van der Waals surface area contributed by atoms with E-state index in [9.17, 15) is 9.59 Å². The summed E-state index contributed by atoms with van der Waals surface area (Å²) in [7, 11) is 1.86. The SMILES string of the molecule is CCOC(=O)c1ccc(NC(=O)c2nn(C)c3c2CSc2ccccc2-3)cc1. The number of nitrogens with one attached hydrogen (secondary N) is 1. The fraction of sp³-hybridized carbons (Fsp3) is 0.190. The molecule has 0 spiro atoms. The first kappa shape index (κ1) is 18.3. The van der Waals surface area contributed by atoms with Gasteiger partial charge < -0.3 is 10.1 Å². The molecule has 28 heavy (non-hydrogen) atoms. The first-order valence-electron chi connectivity index (χ1n) is 8.95. The van der Waals surface area contributed by atoms with Gasteiger partial charge in [0.05, 0.1) is 17.9 Å². The topological polar surface area (TPSA) is 73.2 Å². The van der Waals surface area contributed by atoms with Crippen molar-refractivity contribution in [3.8, 4) is 11.3 Å². The zero-order chi connectivity index (χ0) is 19.7. The number of rotatable bonds is 4.